The maximum atomic E-state index is 4.75. The molecular formula is C50H34N2. The van der Waals surface area contributed by atoms with Crippen molar-refractivity contribution in [1.82, 2.24) is 9.97 Å². The van der Waals surface area contributed by atoms with E-state index in [2.05, 4.69) is 171 Å². The van der Waals surface area contributed by atoms with Crippen LogP contribution < -0.4 is 0 Å². The largest absolute Gasteiger partial charge is 0.256 e. The molecular weight excluding hydrogens is 629 g/mol. The molecule has 244 valence electrons. The molecule has 1 aliphatic rings. The zero-order valence-electron chi connectivity index (χ0n) is 28.8. The van der Waals surface area contributed by atoms with Crippen molar-refractivity contribution in [2.75, 3.05) is 0 Å². The molecule has 0 aliphatic heterocycles. The average Bonchev–Trinajstić information content (AvgIpc) is 3.49. The zero-order valence-corrected chi connectivity index (χ0v) is 28.8. The van der Waals surface area contributed by atoms with E-state index in [9.17, 15) is 0 Å². The first-order chi connectivity index (χ1) is 25.6. The Balaban J connectivity index is 1.15. The monoisotopic (exact) mass is 662 g/mol. The molecule has 9 aromatic rings. The molecule has 0 saturated carbocycles. The lowest BCUT2D eigenvalue weighted by Gasteiger charge is -2.29. The molecule has 2 aromatic heterocycles. The highest BCUT2D eigenvalue weighted by Gasteiger charge is 2.42. The van der Waals surface area contributed by atoms with E-state index in [1.165, 1.54) is 50.1 Å². The van der Waals surface area contributed by atoms with Crippen LogP contribution in [0.3, 0.4) is 0 Å². The lowest BCUT2D eigenvalue weighted by molar-refractivity contribution is 0.714. The van der Waals surface area contributed by atoms with Gasteiger partial charge in [0.05, 0.1) is 11.0 Å². The van der Waals surface area contributed by atoms with Gasteiger partial charge in [-0.3, -0.25) is 9.97 Å². The Bertz CT molecular complexity index is 2780. The second kappa shape index (κ2) is 12.0. The first-order valence-electron chi connectivity index (χ1n) is 17.9. The van der Waals surface area contributed by atoms with Gasteiger partial charge in [0.2, 0.25) is 0 Å². The van der Waals surface area contributed by atoms with Crippen molar-refractivity contribution in [1.29, 1.82) is 0 Å². The molecule has 2 heteroatoms. The van der Waals surface area contributed by atoms with Crippen molar-refractivity contribution in [3.8, 4) is 55.6 Å². The SMILES string of the molecule is CC1(c2ccccc2)c2ccccc2-c2c1ccc(-c1ccc(-c3cnc4ccccc4c3)cc1)c2-c1ccc(-c2cnc3ccccc3c2)cc1. The van der Waals surface area contributed by atoms with Gasteiger partial charge in [-0.2, -0.15) is 0 Å². The van der Waals surface area contributed by atoms with Gasteiger partial charge in [-0.1, -0.05) is 152 Å². The molecule has 52 heavy (non-hydrogen) atoms. The van der Waals surface area contributed by atoms with Crippen LogP contribution in [-0.4, -0.2) is 9.97 Å². The van der Waals surface area contributed by atoms with Gasteiger partial charge in [-0.15, -0.1) is 0 Å². The van der Waals surface area contributed by atoms with E-state index in [1.54, 1.807) is 0 Å². The second-order valence-electron chi connectivity index (χ2n) is 13.9. The molecule has 0 bridgehead atoms. The molecule has 2 nitrogen and oxygen atoms in total. The number of hydrogen-bond acceptors (Lipinski definition) is 2. The number of fused-ring (bicyclic) bond motifs is 5. The van der Waals surface area contributed by atoms with Crippen LogP contribution in [-0.2, 0) is 5.41 Å². The number of pyridine rings is 2. The Morgan fingerprint density at radius 1 is 0.365 bits per heavy atom. The minimum Gasteiger partial charge on any atom is -0.256 e. The summed E-state index contributed by atoms with van der Waals surface area (Å²) in [6.07, 6.45) is 3.96. The summed E-state index contributed by atoms with van der Waals surface area (Å²) in [4.78, 5) is 9.48. The summed E-state index contributed by atoms with van der Waals surface area (Å²) in [6, 6.07) is 63.8. The predicted octanol–water partition coefficient (Wildman–Crippen LogP) is 12.8. The van der Waals surface area contributed by atoms with Crippen LogP contribution in [0, 0.1) is 0 Å². The first-order valence-corrected chi connectivity index (χ1v) is 17.9. The number of benzene rings is 7. The molecule has 2 heterocycles. The molecule has 0 saturated heterocycles. The van der Waals surface area contributed by atoms with Gasteiger partial charge in [0.1, 0.15) is 0 Å². The van der Waals surface area contributed by atoms with E-state index in [0.29, 0.717) is 0 Å². The highest BCUT2D eigenvalue weighted by molar-refractivity contribution is 6.01. The average molecular weight is 663 g/mol. The molecule has 0 spiro atoms. The number of aromatic nitrogens is 2. The number of para-hydroxylation sites is 2. The molecule has 1 atom stereocenters. The molecule has 0 fully saturated rings. The Labute approximate surface area is 303 Å². The fourth-order valence-electron chi connectivity index (χ4n) is 8.33. The van der Waals surface area contributed by atoms with Gasteiger partial charge in [0.15, 0.2) is 0 Å². The third-order valence-corrected chi connectivity index (χ3v) is 11.0. The standard InChI is InChI=1S/C50H34N2/c1-50(41-13-3-2-4-14-41)44-16-8-7-15-43(44)49-45(50)28-27-42(35-23-19-33(20-24-35)39-29-37-11-5-9-17-46(37)51-31-39)48(49)36-25-21-34(22-26-36)40-30-38-12-6-10-18-47(38)52-32-40/h2-32H,1H3. The van der Waals surface area contributed by atoms with E-state index < -0.39 is 0 Å². The van der Waals surface area contributed by atoms with E-state index in [-0.39, 0.29) is 5.41 Å². The van der Waals surface area contributed by atoms with Crippen LogP contribution in [0.1, 0.15) is 23.6 Å². The van der Waals surface area contributed by atoms with Crippen molar-refractivity contribution >= 4 is 21.8 Å². The normalized spacial score (nSPS) is 14.7. The second-order valence-corrected chi connectivity index (χ2v) is 13.9. The van der Waals surface area contributed by atoms with Gasteiger partial charge in [-0.05, 0) is 92.4 Å². The number of nitrogens with zero attached hydrogens (tertiary/aromatic N) is 2. The van der Waals surface area contributed by atoms with Gasteiger partial charge >= 0.3 is 0 Å². The van der Waals surface area contributed by atoms with Crippen LogP contribution in [0.2, 0.25) is 0 Å². The van der Waals surface area contributed by atoms with Crippen LogP contribution in [0.4, 0.5) is 0 Å². The lowest BCUT2D eigenvalue weighted by Crippen LogP contribution is -2.22. The maximum Gasteiger partial charge on any atom is 0.0702 e. The molecule has 7 aromatic carbocycles. The van der Waals surface area contributed by atoms with Crippen LogP contribution in [0.15, 0.2) is 188 Å². The Morgan fingerprint density at radius 2 is 0.885 bits per heavy atom. The summed E-state index contributed by atoms with van der Waals surface area (Å²) in [7, 11) is 0. The summed E-state index contributed by atoms with van der Waals surface area (Å²) >= 11 is 0. The highest BCUT2D eigenvalue weighted by atomic mass is 14.7. The first kappa shape index (κ1) is 30.2. The van der Waals surface area contributed by atoms with Crippen molar-refractivity contribution in [3.63, 3.8) is 0 Å². The Morgan fingerprint density at radius 3 is 1.52 bits per heavy atom. The predicted molar refractivity (Wildman–Crippen MR) is 216 cm³/mol. The molecule has 1 aliphatic carbocycles. The van der Waals surface area contributed by atoms with Gasteiger partial charge < -0.3 is 0 Å². The summed E-state index contributed by atoms with van der Waals surface area (Å²) in [5, 5.41) is 2.29. The zero-order chi connectivity index (χ0) is 34.6. The van der Waals surface area contributed by atoms with Crippen molar-refractivity contribution in [2.24, 2.45) is 0 Å². The summed E-state index contributed by atoms with van der Waals surface area (Å²) < 4.78 is 0. The van der Waals surface area contributed by atoms with Crippen LogP contribution in [0.25, 0.3) is 77.4 Å². The molecule has 10 rings (SSSR count). The fraction of sp³-hybridized carbons (Fsp3) is 0.0400. The van der Waals surface area contributed by atoms with Crippen LogP contribution in [0.5, 0.6) is 0 Å². The topological polar surface area (TPSA) is 25.8 Å². The molecule has 0 amide bonds. The van der Waals surface area contributed by atoms with Gasteiger partial charge in [-0.25, -0.2) is 0 Å². The molecule has 0 N–H and O–H groups in total. The summed E-state index contributed by atoms with van der Waals surface area (Å²) in [6.45, 7) is 2.39. The third kappa shape index (κ3) is 4.80. The smallest absolute Gasteiger partial charge is 0.0702 e. The minimum absolute atomic E-state index is 0.288. The van der Waals surface area contributed by atoms with Gasteiger partial charge in [0, 0.05) is 39.7 Å². The fourth-order valence-corrected chi connectivity index (χ4v) is 8.33. The van der Waals surface area contributed by atoms with E-state index in [0.717, 1.165) is 44.1 Å². The highest BCUT2D eigenvalue weighted by Crippen LogP contribution is 2.57. The van der Waals surface area contributed by atoms with Crippen molar-refractivity contribution < 1.29 is 0 Å². The van der Waals surface area contributed by atoms with E-state index in [1.807, 2.05) is 24.5 Å². The lowest BCUT2D eigenvalue weighted by atomic mass is 9.73. The number of hydrogen-bond donors (Lipinski definition) is 0. The number of rotatable bonds is 5. The van der Waals surface area contributed by atoms with Crippen LogP contribution >= 0.6 is 0 Å². The van der Waals surface area contributed by atoms with Crippen molar-refractivity contribution in [2.45, 2.75) is 12.3 Å². The quantitative estimate of drug-likeness (QED) is 0.183. The van der Waals surface area contributed by atoms with E-state index >= 15 is 0 Å². The van der Waals surface area contributed by atoms with Gasteiger partial charge in [0.25, 0.3) is 0 Å². The molecule has 0 radical (unpaired) electrons. The summed E-state index contributed by atoms with van der Waals surface area (Å²) in [5.74, 6) is 0. The Kier molecular flexibility index (Phi) is 6.97. The Hall–Kier alpha value is -6.64. The minimum atomic E-state index is -0.288. The van der Waals surface area contributed by atoms with Crippen molar-refractivity contribution in [3.05, 3.63) is 205 Å². The van der Waals surface area contributed by atoms with E-state index in [4.69, 9.17) is 9.97 Å². The third-order valence-electron chi connectivity index (χ3n) is 11.0. The molecule has 1 unspecified atom stereocenters. The maximum absolute atomic E-state index is 4.75. The summed E-state index contributed by atoms with van der Waals surface area (Å²) in [5.41, 5.74) is 17.7.